The van der Waals surface area contributed by atoms with Crippen LogP contribution in [0.25, 0.3) is 0 Å². The van der Waals surface area contributed by atoms with Gasteiger partial charge in [-0.05, 0) is 65.8 Å². The summed E-state index contributed by atoms with van der Waals surface area (Å²) in [6.07, 6.45) is 4.26. The van der Waals surface area contributed by atoms with E-state index in [2.05, 4.69) is 18.7 Å². The van der Waals surface area contributed by atoms with Crippen molar-refractivity contribution in [2.24, 2.45) is 11.3 Å². The molecule has 2 atom stereocenters. The van der Waals surface area contributed by atoms with Crippen molar-refractivity contribution in [3.8, 4) is 0 Å². The third-order valence-electron chi connectivity index (χ3n) is 5.21. The summed E-state index contributed by atoms with van der Waals surface area (Å²) in [4.78, 5) is 14.0. The number of carboxylic acids is 1. The van der Waals surface area contributed by atoms with E-state index in [0.29, 0.717) is 6.04 Å². The lowest BCUT2D eigenvalue weighted by molar-refractivity contribution is -0.152. The molecule has 0 radical (unpaired) electrons. The summed E-state index contributed by atoms with van der Waals surface area (Å²) in [6, 6.07) is 0.547. The van der Waals surface area contributed by atoms with Crippen molar-refractivity contribution in [1.29, 1.82) is 0 Å². The number of hydrogen-bond acceptors (Lipinski definition) is 3. The van der Waals surface area contributed by atoms with Crippen molar-refractivity contribution < 1.29 is 14.6 Å². The zero-order chi connectivity index (χ0) is 15.0. The number of nitrogens with zero attached hydrogens (tertiary/aromatic N) is 1. The van der Waals surface area contributed by atoms with Gasteiger partial charge in [-0.3, -0.25) is 9.69 Å². The monoisotopic (exact) mass is 283 g/mol. The van der Waals surface area contributed by atoms with E-state index in [4.69, 9.17) is 4.74 Å². The van der Waals surface area contributed by atoms with Crippen molar-refractivity contribution >= 4 is 5.97 Å². The normalized spacial score (nSPS) is 32.0. The molecule has 0 spiro atoms. The standard InChI is InChI=1S/C16H29NO3/c1-15(2)10-13(7-9-20-15)17-8-5-6-12(11-17)16(3,4)14(18)19/h12-13H,5-11H2,1-4H3,(H,18,19). The molecule has 4 nitrogen and oxygen atoms in total. The Balaban J connectivity index is 2.02. The number of rotatable bonds is 3. The average Bonchev–Trinajstić information content (AvgIpc) is 2.37. The van der Waals surface area contributed by atoms with E-state index < -0.39 is 11.4 Å². The quantitative estimate of drug-likeness (QED) is 0.865. The van der Waals surface area contributed by atoms with Crippen molar-refractivity contribution in [1.82, 2.24) is 4.90 Å². The van der Waals surface area contributed by atoms with Gasteiger partial charge in [-0.25, -0.2) is 0 Å². The van der Waals surface area contributed by atoms with Crippen molar-refractivity contribution in [2.45, 2.75) is 65.0 Å². The lowest BCUT2D eigenvalue weighted by Gasteiger charge is -2.46. The highest BCUT2D eigenvalue weighted by atomic mass is 16.5. The van der Waals surface area contributed by atoms with Gasteiger partial charge < -0.3 is 9.84 Å². The van der Waals surface area contributed by atoms with Crippen LogP contribution in [-0.2, 0) is 9.53 Å². The van der Waals surface area contributed by atoms with Crippen LogP contribution in [0, 0.1) is 11.3 Å². The average molecular weight is 283 g/mol. The molecule has 116 valence electrons. The Hall–Kier alpha value is -0.610. The summed E-state index contributed by atoms with van der Waals surface area (Å²) in [7, 11) is 0. The first-order valence-corrected chi connectivity index (χ1v) is 7.84. The smallest absolute Gasteiger partial charge is 0.309 e. The SMILES string of the molecule is CC1(C)CC(N2CCCC(C(C)(C)C(=O)O)C2)CCO1. The number of hydrogen-bond donors (Lipinski definition) is 1. The molecule has 2 aliphatic heterocycles. The Morgan fingerprint density at radius 3 is 2.65 bits per heavy atom. The Bertz CT molecular complexity index is 365. The van der Waals surface area contributed by atoms with Crippen LogP contribution in [-0.4, -0.2) is 47.3 Å². The number of carbonyl (C=O) groups is 1. The first kappa shape index (κ1) is 15.8. The van der Waals surface area contributed by atoms with Crippen molar-refractivity contribution in [3.05, 3.63) is 0 Å². The first-order valence-electron chi connectivity index (χ1n) is 7.84. The lowest BCUT2D eigenvalue weighted by Crippen LogP contribution is -2.52. The van der Waals surface area contributed by atoms with Gasteiger partial charge in [-0.2, -0.15) is 0 Å². The van der Waals surface area contributed by atoms with Gasteiger partial charge in [-0.15, -0.1) is 0 Å². The van der Waals surface area contributed by atoms with Crippen LogP contribution in [0.4, 0.5) is 0 Å². The van der Waals surface area contributed by atoms with Crippen LogP contribution in [0.3, 0.4) is 0 Å². The fraction of sp³-hybridized carbons (Fsp3) is 0.938. The molecular weight excluding hydrogens is 254 g/mol. The van der Waals surface area contributed by atoms with Gasteiger partial charge in [-0.1, -0.05) is 0 Å². The van der Waals surface area contributed by atoms with Crippen LogP contribution >= 0.6 is 0 Å². The zero-order valence-electron chi connectivity index (χ0n) is 13.3. The summed E-state index contributed by atoms with van der Waals surface area (Å²) in [5, 5.41) is 9.43. The summed E-state index contributed by atoms with van der Waals surface area (Å²) in [5.74, 6) is -0.420. The molecule has 0 saturated carbocycles. The molecular formula is C16H29NO3. The van der Waals surface area contributed by atoms with Crippen LogP contribution in [0.1, 0.15) is 53.4 Å². The number of carboxylic acid groups (broad SMARTS) is 1. The third-order valence-corrected chi connectivity index (χ3v) is 5.21. The number of likely N-dealkylation sites (tertiary alicyclic amines) is 1. The molecule has 20 heavy (non-hydrogen) atoms. The van der Waals surface area contributed by atoms with E-state index in [1.807, 2.05) is 13.8 Å². The lowest BCUT2D eigenvalue weighted by atomic mass is 9.74. The zero-order valence-corrected chi connectivity index (χ0v) is 13.3. The molecule has 0 aromatic rings. The second kappa shape index (κ2) is 5.64. The Labute approximate surface area is 122 Å². The highest BCUT2D eigenvalue weighted by Crippen LogP contribution is 2.37. The minimum atomic E-state index is -0.670. The third kappa shape index (κ3) is 3.34. The fourth-order valence-electron chi connectivity index (χ4n) is 3.61. The Morgan fingerprint density at radius 1 is 1.35 bits per heavy atom. The molecule has 0 amide bonds. The van der Waals surface area contributed by atoms with E-state index in [1.165, 1.54) is 0 Å². The van der Waals surface area contributed by atoms with Crippen LogP contribution in [0.5, 0.6) is 0 Å². The summed E-state index contributed by atoms with van der Waals surface area (Å²) < 4.78 is 5.80. The number of piperidine rings is 1. The Kier molecular flexibility index (Phi) is 4.45. The van der Waals surface area contributed by atoms with E-state index in [1.54, 1.807) is 0 Å². The van der Waals surface area contributed by atoms with Crippen LogP contribution in [0.15, 0.2) is 0 Å². The van der Waals surface area contributed by atoms with E-state index in [9.17, 15) is 9.90 Å². The molecule has 1 N–H and O–H groups in total. The molecule has 4 heteroatoms. The highest BCUT2D eigenvalue weighted by molar-refractivity contribution is 5.74. The van der Waals surface area contributed by atoms with E-state index >= 15 is 0 Å². The second-order valence-electron chi connectivity index (χ2n) is 7.62. The molecule has 0 bridgehead atoms. The molecule has 2 heterocycles. The van der Waals surface area contributed by atoms with Crippen LogP contribution in [0.2, 0.25) is 0 Å². The summed E-state index contributed by atoms with van der Waals surface area (Å²) >= 11 is 0. The van der Waals surface area contributed by atoms with Gasteiger partial charge >= 0.3 is 5.97 Å². The van der Waals surface area contributed by atoms with Gasteiger partial charge in [0.05, 0.1) is 11.0 Å². The van der Waals surface area contributed by atoms with Crippen molar-refractivity contribution in [2.75, 3.05) is 19.7 Å². The molecule has 2 fully saturated rings. The minimum Gasteiger partial charge on any atom is -0.481 e. The summed E-state index contributed by atoms with van der Waals surface area (Å²) in [5.41, 5.74) is -0.669. The molecule has 0 aromatic heterocycles. The predicted molar refractivity (Wildman–Crippen MR) is 78.8 cm³/mol. The molecule has 0 aliphatic carbocycles. The largest absolute Gasteiger partial charge is 0.481 e. The van der Waals surface area contributed by atoms with Gasteiger partial charge in [0.15, 0.2) is 0 Å². The van der Waals surface area contributed by atoms with Crippen LogP contribution < -0.4 is 0 Å². The maximum Gasteiger partial charge on any atom is 0.309 e. The van der Waals surface area contributed by atoms with Crippen molar-refractivity contribution in [3.63, 3.8) is 0 Å². The second-order valence-corrected chi connectivity index (χ2v) is 7.62. The number of aliphatic carboxylic acids is 1. The van der Waals surface area contributed by atoms with Gasteiger partial charge in [0, 0.05) is 19.2 Å². The molecule has 2 aliphatic rings. The van der Waals surface area contributed by atoms with Gasteiger partial charge in [0.1, 0.15) is 0 Å². The minimum absolute atomic E-state index is 0.0435. The molecule has 2 rings (SSSR count). The molecule has 0 aromatic carbocycles. The van der Waals surface area contributed by atoms with E-state index in [-0.39, 0.29) is 11.5 Å². The molecule has 2 saturated heterocycles. The van der Waals surface area contributed by atoms with Gasteiger partial charge in [0.2, 0.25) is 0 Å². The molecule has 2 unspecified atom stereocenters. The topological polar surface area (TPSA) is 49.8 Å². The maximum atomic E-state index is 11.5. The Morgan fingerprint density at radius 2 is 2.05 bits per heavy atom. The first-order chi connectivity index (χ1) is 9.22. The predicted octanol–water partition coefficient (Wildman–Crippen LogP) is 2.77. The highest BCUT2D eigenvalue weighted by Gasteiger charge is 2.41. The number of ether oxygens (including phenoxy) is 1. The maximum absolute atomic E-state index is 11.5. The van der Waals surface area contributed by atoms with E-state index in [0.717, 1.165) is 45.4 Å². The van der Waals surface area contributed by atoms with Gasteiger partial charge in [0.25, 0.3) is 0 Å². The fourth-order valence-corrected chi connectivity index (χ4v) is 3.61. The summed E-state index contributed by atoms with van der Waals surface area (Å²) in [6.45, 7) is 10.9.